The molecule has 7 nitrogen and oxygen atoms in total. The number of nitrogens with zero attached hydrogens (tertiary/aromatic N) is 2. The first kappa shape index (κ1) is 25.8. The first-order chi connectivity index (χ1) is 13.5. The highest BCUT2D eigenvalue weighted by molar-refractivity contribution is 14.0. The van der Waals surface area contributed by atoms with Gasteiger partial charge in [0.05, 0.1) is 26.9 Å². The maximum Gasteiger partial charge on any atom is 0.191 e. The molecule has 1 aromatic carbocycles. The van der Waals surface area contributed by atoms with E-state index in [1.54, 1.807) is 19.2 Å². The minimum atomic E-state index is 0. The summed E-state index contributed by atoms with van der Waals surface area (Å²) >= 11 is 0. The van der Waals surface area contributed by atoms with E-state index in [9.17, 15) is 5.11 Å². The van der Waals surface area contributed by atoms with Crippen LogP contribution in [-0.2, 0) is 11.3 Å². The van der Waals surface area contributed by atoms with Crippen LogP contribution in [0.4, 0.5) is 0 Å². The molecule has 1 aromatic rings. The van der Waals surface area contributed by atoms with Gasteiger partial charge in [0.15, 0.2) is 17.5 Å². The fraction of sp³-hybridized carbons (Fsp3) is 0.667. The fourth-order valence-corrected chi connectivity index (χ4v) is 3.41. The summed E-state index contributed by atoms with van der Waals surface area (Å²) in [7, 11) is 1.54. The van der Waals surface area contributed by atoms with E-state index >= 15 is 0 Å². The van der Waals surface area contributed by atoms with Crippen molar-refractivity contribution < 1.29 is 14.6 Å². The Morgan fingerprint density at radius 1 is 1.28 bits per heavy atom. The molecule has 0 amide bonds. The van der Waals surface area contributed by atoms with Gasteiger partial charge in [-0.2, -0.15) is 0 Å². The highest BCUT2D eigenvalue weighted by atomic mass is 127. The number of aromatic hydroxyl groups is 1. The van der Waals surface area contributed by atoms with E-state index in [1.165, 1.54) is 0 Å². The number of rotatable bonds is 9. The number of ether oxygens (including phenoxy) is 2. The third-order valence-electron chi connectivity index (χ3n) is 4.82. The molecule has 0 aliphatic carbocycles. The van der Waals surface area contributed by atoms with Crippen LogP contribution < -0.4 is 15.4 Å². The molecule has 0 radical (unpaired) electrons. The van der Waals surface area contributed by atoms with Crippen molar-refractivity contribution in [3.8, 4) is 11.5 Å². The van der Waals surface area contributed by atoms with Crippen molar-refractivity contribution in [1.29, 1.82) is 0 Å². The van der Waals surface area contributed by atoms with Gasteiger partial charge < -0.3 is 25.2 Å². The summed E-state index contributed by atoms with van der Waals surface area (Å²) in [6.45, 7) is 12.3. The van der Waals surface area contributed by atoms with E-state index < -0.39 is 0 Å². The maximum absolute atomic E-state index is 9.94. The van der Waals surface area contributed by atoms with E-state index in [0.29, 0.717) is 24.3 Å². The Labute approximate surface area is 192 Å². The Kier molecular flexibility index (Phi) is 12.3. The number of methoxy groups -OCH3 is 1. The highest BCUT2D eigenvalue weighted by Gasteiger charge is 2.22. The normalized spacial score (nSPS) is 16.2. The number of hydrogen-bond acceptors (Lipinski definition) is 5. The number of nitrogens with one attached hydrogen (secondary N) is 2. The van der Waals surface area contributed by atoms with E-state index in [0.717, 1.165) is 57.3 Å². The molecule has 3 N–H and O–H groups in total. The number of hydrogen-bond donors (Lipinski definition) is 3. The molecule has 29 heavy (non-hydrogen) atoms. The van der Waals surface area contributed by atoms with Crippen molar-refractivity contribution in [2.45, 2.75) is 39.8 Å². The molecule has 0 spiro atoms. The second kappa shape index (κ2) is 13.9. The van der Waals surface area contributed by atoms with Crippen LogP contribution in [0.3, 0.4) is 0 Å². The van der Waals surface area contributed by atoms with E-state index in [2.05, 4.69) is 41.3 Å². The van der Waals surface area contributed by atoms with Gasteiger partial charge in [0.25, 0.3) is 0 Å². The molecule has 1 fully saturated rings. The number of aliphatic imine (C=N–C) groups is 1. The third-order valence-corrected chi connectivity index (χ3v) is 4.82. The Morgan fingerprint density at radius 2 is 2.00 bits per heavy atom. The summed E-state index contributed by atoms with van der Waals surface area (Å²) in [5, 5.41) is 16.8. The predicted molar refractivity (Wildman–Crippen MR) is 129 cm³/mol. The monoisotopic (exact) mass is 520 g/mol. The second-order valence-corrected chi connectivity index (χ2v) is 7.51. The van der Waals surface area contributed by atoms with Crippen molar-refractivity contribution in [2.24, 2.45) is 10.9 Å². The van der Waals surface area contributed by atoms with Crippen LogP contribution in [-0.4, -0.2) is 68.5 Å². The third kappa shape index (κ3) is 8.96. The molecule has 0 bridgehead atoms. The standard InChI is InChI=1S/C21H36N4O3.HI/c1-5-22-21(23-14-17-6-7-20(27-4)19(26)13-17)24-15-18(12-16(2)3)25-8-10-28-11-9-25;/h6-7,13,16,18,26H,5,8-12,14-15H2,1-4H3,(H2,22,23,24);1H. The zero-order valence-corrected chi connectivity index (χ0v) is 20.4. The van der Waals surface area contributed by atoms with Gasteiger partial charge in [-0.05, 0) is 37.0 Å². The molecular weight excluding hydrogens is 483 g/mol. The van der Waals surface area contributed by atoms with Crippen LogP contribution in [0.1, 0.15) is 32.8 Å². The van der Waals surface area contributed by atoms with Gasteiger partial charge >= 0.3 is 0 Å². The minimum Gasteiger partial charge on any atom is -0.504 e. The van der Waals surface area contributed by atoms with Gasteiger partial charge in [-0.25, -0.2) is 4.99 Å². The fourth-order valence-electron chi connectivity index (χ4n) is 3.41. The highest BCUT2D eigenvalue weighted by Crippen LogP contribution is 2.26. The zero-order chi connectivity index (χ0) is 20.4. The summed E-state index contributed by atoms with van der Waals surface area (Å²) in [6.07, 6.45) is 1.14. The molecule has 1 aliphatic rings. The molecular formula is C21H37IN4O3. The summed E-state index contributed by atoms with van der Waals surface area (Å²) < 4.78 is 10.6. The SMILES string of the molecule is CCNC(=NCc1ccc(OC)c(O)c1)NCC(CC(C)C)N1CCOCC1.I. The van der Waals surface area contributed by atoms with Crippen molar-refractivity contribution >= 4 is 29.9 Å². The van der Waals surface area contributed by atoms with Crippen molar-refractivity contribution in [3.63, 3.8) is 0 Å². The number of phenols is 1. The number of morpholine rings is 1. The quantitative estimate of drug-likeness (QED) is 0.264. The average molecular weight is 520 g/mol. The smallest absolute Gasteiger partial charge is 0.191 e. The zero-order valence-electron chi connectivity index (χ0n) is 18.1. The first-order valence-corrected chi connectivity index (χ1v) is 10.2. The van der Waals surface area contributed by atoms with E-state index in [1.807, 2.05) is 6.07 Å². The van der Waals surface area contributed by atoms with Crippen LogP contribution in [0, 0.1) is 5.92 Å². The van der Waals surface area contributed by atoms with Crippen molar-refractivity contribution in [3.05, 3.63) is 23.8 Å². The Morgan fingerprint density at radius 3 is 2.59 bits per heavy atom. The topological polar surface area (TPSA) is 78.4 Å². The molecule has 1 heterocycles. The summed E-state index contributed by atoms with van der Waals surface area (Å²) in [5.74, 6) is 2.04. The van der Waals surface area contributed by atoms with Crippen LogP contribution in [0.2, 0.25) is 0 Å². The van der Waals surface area contributed by atoms with Crippen LogP contribution in [0.25, 0.3) is 0 Å². The van der Waals surface area contributed by atoms with Crippen molar-refractivity contribution in [2.75, 3.05) is 46.5 Å². The lowest BCUT2D eigenvalue weighted by Gasteiger charge is -2.35. The average Bonchev–Trinajstić information content (AvgIpc) is 2.69. The van der Waals surface area contributed by atoms with Crippen LogP contribution in [0.5, 0.6) is 11.5 Å². The largest absolute Gasteiger partial charge is 0.504 e. The first-order valence-electron chi connectivity index (χ1n) is 10.2. The molecule has 1 unspecified atom stereocenters. The molecule has 1 saturated heterocycles. The molecule has 1 atom stereocenters. The Hall–Kier alpha value is -1.26. The van der Waals surface area contributed by atoms with Gasteiger partial charge in [-0.15, -0.1) is 24.0 Å². The molecule has 166 valence electrons. The molecule has 0 aromatic heterocycles. The molecule has 0 saturated carbocycles. The summed E-state index contributed by atoms with van der Waals surface area (Å²) in [5.41, 5.74) is 0.933. The number of phenolic OH excluding ortho intramolecular Hbond substituents is 1. The van der Waals surface area contributed by atoms with E-state index in [4.69, 9.17) is 9.47 Å². The van der Waals surface area contributed by atoms with Crippen LogP contribution >= 0.6 is 24.0 Å². The van der Waals surface area contributed by atoms with Gasteiger partial charge in [-0.1, -0.05) is 19.9 Å². The van der Waals surface area contributed by atoms with Crippen molar-refractivity contribution in [1.82, 2.24) is 15.5 Å². The molecule has 8 heteroatoms. The predicted octanol–water partition coefficient (Wildman–Crippen LogP) is 2.82. The number of halogens is 1. The van der Waals surface area contributed by atoms with Gasteiger partial charge in [0, 0.05) is 32.2 Å². The Balaban J connectivity index is 0.00000420. The van der Waals surface area contributed by atoms with Gasteiger partial charge in [-0.3, -0.25) is 4.90 Å². The van der Waals surface area contributed by atoms with Gasteiger partial charge in [0.2, 0.25) is 0 Å². The van der Waals surface area contributed by atoms with Gasteiger partial charge in [0.1, 0.15) is 0 Å². The lowest BCUT2D eigenvalue weighted by molar-refractivity contribution is 0.0132. The summed E-state index contributed by atoms with van der Waals surface area (Å²) in [6, 6.07) is 5.83. The Bertz CT molecular complexity index is 622. The molecule has 1 aliphatic heterocycles. The lowest BCUT2D eigenvalue weighted by Crippen LogP contribution is -2.51. The number of guanidine groups is 1. The van der Waals surface area contributed by atoms with Crippen LogP contribution in [0.15, 0.2) is 23.2 Å². The summed E-state index contributed by atoms with van der Waals surface area (Å²) in [4.78, 5) is 7.19. The van der Waals surface area contributed by atoms with E-state index in [-0.39, 0.29) is 29.7 Å². The second-order valence-electron chi connectivity index (χ2n) is 7.51. The minimum absolute atomic E-state index is 0. The lowest BCUT2D eigenvalue weighted by atomic mass is 10.0. The molecule has 2 rings (SSSR count). The maximum atomic E-state index is 9.94. The number of benzene rings is 1.